The maximum atomic E-state index is 13.5. The molecular formula is C26H32ClN3O4. The van der Waals surface area contributed by atoms with E-state index < -0.39 is 0 Å². The lowest BCUT2D eigenvalue weighted by Crippen LogP contribution is -2.33. The molecule has 1 amide bonds. The summed E-state index contributed by atoms with van der Waals surface area (Å²) in [5.41, 5.74) is 3.59. The molecule has 0 atom stereocenters. The van der Waals surface area contributed by atoms with E-state index in [1.165, 1.54) is 19.3 Å². The standard InChI is InChI=1S/C26H31N3O4.ClH/c1-27-21-9-8-19(31-2)16-20(21)25-22(27)17-29(26(25)30)18-7-10-23(32-3)24(15-18)33-14-13-28-11-5-4-6-12-28;/h7-10,15-16H,4-6,11-14,17H2,1-3H3;1H. The Bertz CT molecular complexity index is 1190. The second-order valence-electron chi connectivity index (χ2n) is 8.74. The van der Waals surface area contributed by atoms with Gasteiger partial charge in [0.2, 0.25) is 0 Å². The summed E-state index contributed by atoms with van der Waals surface area (Å²) in [4.78, 5) is 17.8. The van der Waals surface area contributed by atoms with Crippen molar-refractivity contribution >= 4 is 34.9 Å². The third kappa shape index (κ3) is 4.30. The maximum Gasteiger partial charge on any atom is 0.261 e. The van der Waals surface area contributed by atoms with Gasteiger partial charge in [-0.25, -0.2) is 0 Å². The minimum absolute atomic E-state index is 0. The summed E-state index contributed by atoms with van der Waals surface area (Å²) in [6, 6.07) is 11.6. The highest BCUT2D eigenvalue weighted by molar-refractivity contribution is 6.18. The number of likely N-dealkylation sites (tertiary alicyclic amines) is 1. The molecule has 3 aromatic rings. The van der Waals surface area contributed by atoms with Crippen LogP contribution < -0.4 is 19.1 Å². The number of aromatic nitrogens is 1. The average Bonchev–Trinajstić information content (AvgIpc) is 3.34. The number of amides is 1. The zero-order valence-electron chi connectivity index (χ0n) is 20.0. The van der Waals surface area contributed by atoms with E-state index in [1.54, 1.807) is 19.1 Å². The highest BCUT2D eigenvalue weighted by Crippen LogP contribution is 2.39. The van der Waals surface area contributed by atoms with E-state index in [0.29, 0.717) is 24.7 Å². The lowest BCUT2D eigenvalue weighted by molar-refractivity contribution is 0.0998. The molecule has 2 aromatic carbocycles. The van der Waals surface area contributed by atoms with Crippen LogP contribution in [-0.4, -0.2) is 55.8 Å². The van der Waals surface area contributed by atoms with Crippen LogP contribution in [0.3, 0.4) is 0 Å². The first-order chi connectivity index (χ1) is 16.1. The predicted molar refractivity (Wildman–Crippen MR) is 136 cm³/mol. The van der Waals surface area contributed by atoms with Crippen molar-refractivity contribution < 1.29 is 19.0 Å². The monoisotopic (exact) mass is 485 g/mol. The molecule has 0 N–H and O–H groups in total. The van der Waals surface area contributed by atoms with Gasteiger partial charge in [0.15, 0.2) is 11.5 Å². The summed E-state index contributed by atoms with van der Waals surface area (Å²) in [6.07, 6.45) is 3.84. The largest absolute Gasteiger partial charge is 0.497 e. The van der Waals surface area contributed by atoms with Crippen molar-refractivity contribution in [3.63, 3.8) is 0 Å². The third-order valence-corrected chi connectivity index (χ3v) is 6.87. The van der Waals surface area contributed by atoms with Crippen LogP contribution in [-0.2, 0) is 13.6 Å². The highest BCUT2D eigenvalue weighted by atomic mass is 35.5. The number of piperidine rings is 1. The second-order valence-corrected chi connectivity index (χ2v) is 8.74. The van der Waals surface area contributed by atoms with Crippen molar-refractivity contribution in [3.05, 3.63) is 47.7 Å². The van der Waals surface area contributed by atoms with Crippen molar-refractivity contribution in [3.8, 4) is 17.2 Å². The highest BCUT2D eigenvalue weighted by Gasteiger charge is 2.34. The van der Waals surface area contributed by atoms with Gasteiger partial charge in [0, 0.05) is 36.2 Å². The van der Waals surface area contributed by atoms with Crippen LogP contribution in [0.5, 0.6) is 17.2 Å². The van der Waals surface area contributed by atoms with Gasteiger partial charge in [0.25, 0.3) is 5.91 Å². The quantitative estimate of drug-likeness (QED) is 0.488. The Morgan fingerprint density at radius 1 is 0.941 bits per heavy atom. The van der Waals surface area contributed by atoms with Gasteiger partial charge >= 0.3 is 0 Å². The lowest BCUT2D eigenvalue weighted by atomic mass is 10.1. The number of rotatable bonds is 7. The Morgan fingerprint density at radius 3 is 2.47 bits per heavy atom. The molecule has 0 unspecified atom stereocenters. The molecule has 8 heteroatoms. The first kappa shape index (κ1) is 24.2. The molecule has 0 bridgehead atoms. The van der Waals surface area contributed by atoms with E-state index in [4.69, 9.17) is 14.2 Å². The van der Waals surface area contributed by atoms with E-state index >= 15 is 0 Å². The van der Waals surface area contributed by atoms with Gasteiger partial charge in [-0.05, 0) is 56.3 Å². The topological polar surface area (TPSA) is 56.2 Å². The van der Waals surface area contributed by atoms with Crippen molar-refractivity contribution in [2.45, 2.75) is 25.8 Å². The molecule has 182 valence electrons. The second kappa shape index (κ2) is 10.2. The number of fused-ring (bicyclic) bond motifs is 3. The third-order valence-electron chi connectivity index (χ3n) is 6.87. The van der Waals surface area contributed by atoms with Crippen molar-refractivity contribution in [1.29, 1.82) is 0 Å². The minimum atomic E-state index is -0.00622. The van der Waals surface area contributed by atoms with Crippen molar-refractivity contribution in [1.82, 2.24) is 9.47 Å². The number of halogens is 1. The maximum absolute atomic E-state index is 13.5. The number of carbonyl (C=O) groups is 1. The van der Waals surface area contributed by atoms with E-state index in [0.717, 1.165) is 53.2 Å². The molecule has 3 heterocycles. The van der Waals surface area contributed by atoms with Crippen molar-refractivity contribution in [2.24, 2.45) is 7.05 Å². The molecular weight excluding hydrogens is 454 g/mol. The molecule has 1 saturated heterocycles. The van der Waals surface area contributed by atoms with Crippen LogP contribution in [0.25, 0.3) is 10.9 Å². The lowest BCUT2D eigenvalue weighted by Gasteiger charge is -2.26. The number of methoxy groups -OCH3 is 2. The van der Waals surface area contributed by atoms with E-state index in [2.05, 4.69) is 9.47 Å². The van der Waals surface area contributed by atoms with Gasteiger partial charge in [-0.2, -0.15) is 0 Å². The first-order valence-electron chi connectivity index (χ1n) is 11.6. The average molecular weight is 486 g/mol. The van der Waals surface area contributed by atoms with E-state index in [9.17, 15) is 4.79 Å². The molecule has 0 saturated carbocycles. The fourth-order valence-electron chi connectivity index (χ4n) is 5.01. The Hall–Kier alpha value is -2.90. The number of aryl methyl sites for hydroxylation is 1. The number of carbonyl (C=O) groups excluding carboxylic acids is 1. The van der Waals surface area contributed by atoms with Crippen LogP contribution >= 0.6 is 12.4 Å². The predicted octanol–water partition coefficient (Wildman–Crippen LogP) is 4.64. The molecule has 0 radical (unpaired) electrons. The molecule has 0 spiro atoms. The molecule has 0 aliphatic carbocycles. The van der Waals surface area contributed by atoms with Gasteiger partial charge in [0.1, 0.15) is 12.4 Å². The molecule has 2 aliphatic rings. The summed E-state index contributed by atoms with van der Waals surface area (Å²) in [7, 11) is 5.29. The van der Waals surface area contributed by atoms with Gasteiger partial charge in [-0.1, -0.05) is 6.42 Å². The molecule has 7 nitrogen and oxygen atoms in total. The number of nitrogens with zero attached hydrogens (tertiary/aromatic N) is 3. The van der Waals surface area contributed by atoms with Gasteiger partial charge in [-0.15, -0.1) is 12.4 Å². The molecule has 5 rings (SSSR count). The van der Waals surface area contributed by atoms with Gasteiger partial charge in [-0.3, -0.25) is 9.69 Å². The molecule has 1 fully saturated rings. The number of anilines is 1. The van der Waals surface area contributed by atoms with Crippen LogP contribution in [0, 0.1) is 0 Å². The molecule has 34 heavy (non-hydrogen) atoms. The number of hydrogen-bond acceptors (Lipinski definition) is 5. The van der Waals surface area contributed by atoms with Crippen LogP contribution in [0.2, 0.25) is 0 Å². The van der Waals surface area contributed by atoms with Crippen LogP contribution in [0.1, 0.15) is 35.3 Å². The zero-order chi connectivity index (χ0) is 22.9. The smallest absolute Gasteiger partial charge is 0.261 e. The summed E-state index contributed by atoms with van der Waals surface area (Å²) in [5, 5.41) is 0.922. The fourth-order valence-corrected chi connectivity index (χ4v) is 5.01. The normalized spacial score (nSPS) is 15.9. The Balaban J connectivity index is 0.00000274. The van der Waals surface area contributed by atoms with Crippen LogP contribution in [0.4, 0.5) is 5.69 Å². The summed E-state index contributed by atoms with van der Waals surface area (Å²) < 4.78 is 19.1. The minimum Gasteiger partial charge on any atom is -0.497 e. The van der Waals surface area contributed by atoms with E-state index in [-0.39, 0.29) is 18.3 Å². The Labute approximate surface area is 206 Å². The summed E-state index contributed by atoms with van der Waals surface area (Å²) >= 11 is 0. The first-order valence-corrected chi connectivity index (χ1v) is 11.6. The van der Waals surface area contributed by atoms with Crippen molar-refractivity contribution in [2.75, 3.05) is 45.4 Å². The summed E-state index contributed by atoms with van der Waals surface area (Å²) in [5.74, 6) is 2.09. The summed E-state index contributed by atoms with van der Waals surface area (Å²) in [6.45, 7) is 4.29. The molecule has 2 aliphatic heterocycles. The SMILES string of the molecule is COc1ccc2c(c1)c1c(n2C)CN(c2ccc(OC)c(OCCN3CCCCC3)c2)C1=O.Cl. The molecule has 1 aromatic heterocycles. The Morgan fingerprint density at radius 2 is 1.74 bits per heavy atom. The fraction of sp³-hybridized carbons (Fsp3) is 0.423. The van der Waals surface area contributed by atoms with Gasteiger partial charge < -0.3 is 23.7 Å². The number of benzene rings is 2. The number of hydrogen-bond donors (Lipinski definition) is 0. The Kier molecular flexibility index (Phi) is 7.24. The number of ether oxygens (including phenoxy) is 3. The zero-order valence-corrected chi connectivity index (χ0v) is 20.8. The van der Waals surface area contributed by atoms with Crippen LogP contribution in [0.15, 0.2) is 36.4 Å². The van der Waals surface area contributed by atoms with E-state index in [1.807, 2.05) is 43.4 Å². The van der Waals surface area contributed by atoms with Gasteiger partial charge in [0.05, 0.1) is 32.0 Å².